The van der Waals surface area contributed by atoms with E-state index in [1.807, 2.05) is 36.4 Å². The fourth-order valence-corrected chi connectivity index (χ4v) is 3.15. The van der Waals surface area contributed by atoms with Crippen LogP contribution in [0.25, 0.3) is 0 Å². The fraction of sp³-hybridized carbons (Fsp3) is 0.250. The van der Waals surface area contributed by atoms with Gasteiger partial charge in [0.1, 0.15) is 0 Å². The van der Waals surface area contributed by atoms with Crippen LogP contribution in [0, 0.1) is 0 Å². The van der Waals surface area contributed by atoms with Crippen molar-refractivity contribution in [3.05, 3.63) is 71.8 Å². The van der Waals surface area contributed by atoms with Crippen LogP contribution < -0.4 is 0 Å². The van der Waals surface area contributed by atoms with Crippen LogP contribution >= 0.6 is 7.80 Å². The van der Waals surface area contributed by atoms with E-state index >= 15 is 0 Å². The molecule has 2 heteroatoms. The molecule has 1 nitrogen and oxygen atoms in total. The molecule has 93 valence electrons. The summed E-state index contributed by atoms with van der Waals surface area (Å²) in [4.78, 5) is 0. The minimum absolute atomic E-state index is 0.798. The number of hydrogen-bond donors (Lipinski definition) is 0. The van der Waals surface area contributed by atoms with Crippen LogP contribution in [-0.2, 0) is 17.4 Å². The highest BCUT2D eigenvalue weighted by molar-refractivity contribution is 7.44. The highest BCUT2D eigenvalue weighted by Crippen LogP contribution is 2.23. The van der Waals surface area contributed by atoms with Crippen LogP contribution in [0.5, 0.6) is 0 Å². The summed E-state index contributed by atoms with van der Waals surface area (Å²) < 4.78 is 11.9. The normalized spacial score (nSPS) is 10.2. The molecule has 0 aliphatic rings. The molecule has 2 aromatic carbocycles. The fourth-order valence-electron chi connectivity index (χ4n) is 1.91. The van der Waals surface area contributed by atoms with Crippen LogP contribution in [0.1, 0.15) is 11.1 Å². The molecular weight excluding hydrogens is 239 g/mol. The van der Waals surface area contributed by atoms with Gasteiger partial charge in [-0.05, 0) is 24.0 Å². The second-order valence-electron chi connectivity index (χ2n) is 4.40. The van der Waals surface area contributed by atoms with Gasteiger partial charge in [-0.1, -0.05) is 60.7 Å². The van der Waals surface area contributed by atoms with Crippen molar-refractivity contribution in [3.8, 4) is 0 Å². The number of benzene rings is 2. The molecule has 0 saturated carbocycles. The van der Waals surface area contributed by atoms with Gasteiger partial charge in [-0.2, -0.15) is 0 Å². The number of aryl methyl sites for hydroxylation is 2. The van der Waals surface area contributed by atoms with Crippen molar-refractivity contribution in [2.45, 2.75) is 12.8 Å². The van der Waals surface area contributed by atoms with Crippen molar-refractivity contribution >= 4 is 7.80 Å². The average molecular weight is 257 g/mol. The summed E-state index contributed by atoms with van der Waals surface area (Å²) in [6, 6.07) is 20.6. The van der Waals surface area contributed by atoms with E-state index in [4.69, 9.17) is 0 Å². The SMILES string of the molecule is O=[P](CCc1ccccc1)CCc1ccccc1. The standard InChI is InChI=1S/C16H18OP/c17-18(13-11-15-7-3-1-4-8-15)14-12-16-9-5-2-6-10-16/h1-10H,11-14H2. The second kappa shape index (κ2) is 7.08. The number of rotatable bonds is 6. The van der Waals surface area contributed by atoms with Crippen LogP contribution in [0.4, 0.5) is 0 Å². The third-order valence-electron chi connectivity index (χ3n) is 2.99. The van der Waals surface area contributed by atoms with Gasteiger partial charge in [0.2, 0.25) is 0 Å². The summed E-state index contributed by atoms with van der Waals surface area (Å²) in [5.41, 5.74) is 2.56. The average Bonchev–Trinajstić information content (AvgIpc) is 2.45. The third-order valence-corrected chi connectivity index (χ3v) is 4.43. The van der Waals surface area contributed by atoms with Crippen LogP contribution in [0.3, 0.4) is 0 Å². The molecule has 18 heavy (non-hydrogen) atoms. The highest BCUT2D eigenvalue weighted by atomic mass is 31.1. The predicted octanol–water partition coefficient (Wildman–Crippen LogP) is 4.30. The van der Waals surface area contributed by atoms with E-state index in [2.05, 4.69) is 24.3 Å². The number of hydrogen-bond acceptors (Lipinski definition) is 1. The molecule has 1 radical (unpaired) electrons. The third kappa shape index (κ3) is 4.43. The first-order valence-electron chi connectivity index (χ1n) is 6.34. The molecule has 0 aliphatic heterocycles. The Morgan fingerprint density at radius 3 is 1.44 bits per heavy atom. The van der Waals surface area contributed by atoms with Crippen LogP contribution in [0.2, 0.25) is 0 Å². The Labute approximate surface area is 110 Å². The van der Waals surface area contributed by atoms with Gasteiger partial charge >= 0.3 is 0 Å². The summed E-state index contributed by atoms with van der Waals surface area (Å²) in [6.07, 6.45) is 3.44. The Balaban J connectivity index is 1.73. The first-order chi connectivity index (χ1) is 8.84. The summed E-state index contributed by atoms with van der Waals surface area (Å²) >= 11 is 0. The minimum atomic E-state index is -1.08. The minimum Gasteiger partial charge on any atom is -0.287 e. The van der Waals surface area contributed by atoms with E-state index in [0.717, 1.165) is 25.2 Å². The first-order valence-corrected chi connectivity index (χ1v) is 7.97. The van der Waals surface area contributed by atoms with Gasteiger partial charge in [0.25, 0.3) is 0 Å². The largest absolute Gasteiger partial charge is 0.287 e. The van der Waals surface area contributed by atoms with E-state index in [9.17, 15) is 4.57 Å². The molecule has 0 saturated heterocycles. The highest BCUT2D eigenvalue weighted by Gasteiger charge is 2.02. The molecule has 0 bridgehead atoms. The Morgan fingerprint density at radius 1 is 0.667 bits per heavy atom. The van der Waals surface area contributed by atoms with Gasteiger partial charge in [-0.15, -0.1) is 0 Å². The van der Waals surface area contributed by atoms with Gasteiger partial charge in [-0.3, -0.25) is 4.57 Å². The van der Waals surface area contributed by atoms with Crippen molar-refractivity contribution in [1.29, 1.82) is 0 Å². The Kier molecular flexibility index (Phi) is 5.11. The van der Waals surface area contributed by atoms with Crippen molar-refractivity contribution in [2.24, 2.45) is 0 Å². The van der Waals surface area contributed by atoms with Gasteiger partial charge in [0.05, 0.1) is 7.80 Å². The predicted molar refractivity (Wildman–Crippen MR) is 77.6 cm³/mol. The maximum Gasteiger partial charge on any atom is 0.0725 e. The monoisotopic (exact) mass is 257 g/mol. The maximum absolute atomic E-state index is 11.9. The van der Waals surface area contributed by atoms with Gasteiger partial charge in [0.15, 0.2) is 0 Å². The van der Waals surface area contributed by atoms with E-state index in [1.54, 1.807) is 0 Å². The Bertz CT molecular complexity index is 433. The lowest BCUT2D eigenvalue weighted by atomic mass is 10.2. The summed E-state index contributed by atoms with van der Waals surface area (Å²) in [7, 11) is -1.08. The first kappa shape index (κ1) is 13.0. The van der Waals surface area contributed by atoms with Crippen molar-refractivity contribution < 1.29 is 4.57 Å². The van der Waals surface area contributed by atoms with Gasteiger partial charge < -0.3 is 0 Å². The molecule has 0 aromatic heterocycles. The van der Waals surface area contributed by atoms with Gasteiger partial charge in [-0.25, -0.2) is 0 Å². The molecule has 0 N–H and O–H groups in total. The molecule has 0 heterocycles. The smallest absolute Gasteiger partial charge is 0.0725 e. The second-order valence-corrected chi connectivity index (χ2v) is 6.26. The zero-order valence-corrected chi connectivity index (χ0v) is 11.4. The van der Waals surface area contributed by atoms with Crippen LogP contribution in [0.15, 0.2) is 60.7 Å². The van der Waals surface area contributed by atoms with Gasteiger partial charge in [0, 0.05) is 12.3 Å². The Hall–Kier alpha value is -1.46. The molecule has 0 aliphatic carbocycles. The quantitative estimate of drug-likeness (QED) is 0.705. The summed E-state index contributed by atoms with van der Waals surface area (Å²) in [6.45, 7) is 0. The zero-order valence-electron chi connectivity index (χ0n) is 10.5. The molecule has 0 atom stereocenters. The lowest BCUT2D eigenvalue weighted by Gasteiger charge is -2.02. The van der Waals surface area contributed by atoms with Crippen LogP contribution in [-0.4, -0.2) is 12.3 Å². The molecule has 0 amide bonds. The van der Waals surface area contributed by atoms with E-state index < -0.39 is 7.80 Å². The van der Waals surface area contributed by atoms with Crippen molar-refractivity contribution in [1.82, 2.24) is 0 Å². The molecule has 0 spiro atoms. The lowest BCUT2D eigenvalue weighted by molar-refractivity contribution is 0.587. The molecule has 0 unspecified atom stereocenters. The topological polar surface area (TPSA) is 17.1 Å². The zero-order chi connectivity index (χ0) is 12.6. The summed E-state index contributed by atoms with van der Waals surface area (Å²) in [5.74, 6) is 0. The van der Waals surface area contributed by atoms with Crippen molar-refractivity contribution in [3.63, 3.8) is 0 Å². The molecule has 2 aromatic rings. The lowest BCUT2D eigenvalue weighted by Crippen LogP contribution is -1.93. The maximum atomic E-state index is 11.9. The molecule has 2 rings (SSSR count). The Morgan fingerprint density at radius 2 is 1.06 bits per heavy atom. The molecule has 0 fully saturated rings. The van der Waals surface area contributed by atoms with E-state index in [1.165, 1.54) is 11.1 Å². The molecular formula is C16H18OP. The van der Waals surface area contributed by atoms with E-state index in [-0.39, 0.29) is 0 Å². The van der Waals surface area contributed by atoms with Crippen molar-refractivity contribution in [2.75, 3.05) is 12.3 Å². The summed E-state index contributed by atoms with van der Waals surface area (Å²) in [5, 5.41) is 0. The van der Waals surface area contributed by atoms with E-state index in [0.29, 0.717) is 0 Å².